The Morgan fingerprint density at radius 1 is 1.75 bits per heavy atom. The van der Waals surface area contributed by atoms with Crippen molar-refractivity contribution in [2.24, 2.45) is 0 Å². The molecule has 1 heterocycles. The maximum Gasteiger partial charge on any atom is 0.220 e. The van der Waals surface area contributed by atoms with E-state index in [1.165, 1.54) is 7.11 Å². The molecule has 1 rings (SSSR count). The molecule has 12 heavy (non-hydrogen) atoms. The molecule has 0 aromatic carbocycles. The largest absolute Gasteiger partial charge is 0.481 e. The summed E-state index contributed by atoms with van der Waals surface area (Å²) in [6.07, 6.45) is 0. The molecule has 1 aromatic heterocycles. The highest BCUT2D eigenvalue weighted by molar-refractivity contribution is 6.29. The van der Waals surface area contributed by atoms with Crippen LogP contribution in [0.15, 0.2) is 6.07 Å². The molecule has 0 atom stereocenters. The number of hydrogen-bond acceptors (Lipinski definition) is 3. The van der Waals surface area contributed by atoms with Crippen LogP contribution < -0.4 is 4.74 Å². The van der Waals surface area contributed by atoms with Crippen LogP contribution in [0.1, 0.15) is 5.56 Å². The highest BCUT2D eigenvalue weighted by Gasteiger charge is 2.09. The smallest absolute Gasteiger partial charge is 0.220 e. The van der Waals surface area contributed by atoms with E-state index in [0.717, 1.165) is 6.07 Å². The Hall–Kier alpha value is -0.870. The molecule has 1 aromatic rings. The van der Waals surface area contributed by atoms with Crippen molar-refractivity contribution >= 4 is 11.6 Å². The number of rotatable bonds is 2. The Labute approximate surface area is 73.8 Å². The first kappa shape index (κ1) is 9.22. The summed E-state index contributed by atoms with van der Waals surface area (Å²) in [5, 5.41) is 8.47. The summed E-state index contributed by atoms with van der Waals surface area (Å²) in [5.41, 5.74) is 0.277. The van der Waals surface area contributed by atoms with E-state index < -0.39 is 5.82 Å². The summed E-state index contributed by atoms with van der Waals surface area (Å²) in [6, 6.07) is 1.09. The third kappa shape index (κ3) is 1.65. The van der Waals surface area contributed by atoms with Gasteiger partial charge in [0.1, 0.15) is 0 Å². The lowest BCUT2D eigenvalue weighted by atomic mass is 10.3. The minimum absolute atomic E-state index is 0.143. The van der Waals surface area contributed by atoms with Crippen molar-refractivity contribution in [1.29, 1.82) is 0 Å². The number of methoxy groups -OCH3 is 1. The van der Waals surface area contributed by atoms with Crippen LogP contribution in [-0.4, -0.2) is 17.2 Å². The van der Waals surface area contributed by atoms with Crippen molar-refractivity contribution in [2.45, 2.75) is 6.61 Å². The Morgan fingerprint density at radius 2 is 2.42 bits per heavy atom. The molecule has 0 aliphatic heterocycles. The number of nitrogens with zero attached hydrogens (tertiary/aromatic N) is 1. The standard InChI is InChI=1S/C7H7ClFNO2/c1-12-7-4(3-11)2-5(9)6(8)10-7/h2,11H,3H2,1H3. The van der Waals surface area contributed by atoms with Gasteiger partial charge in [0.2, 0.25) is 5.88 Å². The molecule has 0 amide bonds. The van der Waals surface area contributed by atoms with Gasteiger partial charge in [-0.1, -0.05) is 11.6 Å². The van der Waals surface area contributed by atoms with Gasteiger partial charge in [-0.05, 0) is 6.07 Å². The molecule has 0 aliphatic rings. The first-order valence-corrected chi connectivity index (χ1v) is 3.56. The lowest BCUT2D eigenvalue weighted by Crippen LogP contribution is -1.97. The highest BCUT2D eigenvalue weighted by atomic mass is 35.5. The van der Waals surface area contributed by atoms with Gasteiger partial charge in [0.25, 0.3) is 0 Å². The molecule has 0 spiro atoms. The van der Waals surface area contributed by atoms with E-state index in [4.69, 9.17) is 21.4 Å². The maximum absolute atomic E-state index is 12.7. The zero-order chi connectivity index (χ0) is 9.14. The topological polar surface area (TPSA) is 42.4 Å². The summed E-state index contributed by atoms with van der Waals surface area (Å²) >= 11 is 5.37. The first-order chi connectivity index (χ1) is 5.69. The van der Waals surface area contributed by atoms with Gasteiger partial charge >= 0.3 is 0 Å². The van der Waals surface area contributed by atoms with Gasteiger partial charge in [-0.25, -0.2) is 4.39 Å². The van der Waals surface area contributed by atoms with E-state index in [9.17, 15) is 4.39 Å². The molecule has 0 radical (unpaired) electrons. The van der Waals surface area contributed by atoms with Crippen molar-refractivity contribution < 1.29 is 14.2 Å². The van der Waals surface area contributed by atoms with Crippen molar-refractivity contribution in [3.8, 4) is 5.88 Å². The molecule has 0 fully saturated rings. The van der Waals surface area contributed by atoms with Crippen LogP contribution in [0.5, 0.6) is 5.88 Å². The van der Waals surface area contributed by atoms with Gasteiger partial charge in [0.05, 0.1) is 13.7 Å². The Bertz CT molecular complexity index is 264. The monoisotopic (exact) mass is 191 g/mol. The maximum atomic E-state index is 12.7. The minimum Gasteiger partial charge on any atom is -0.481 e. The normalized spacial score (nSPS) is 10.0. The van der Waals surface area contributed by atoms with Crippen molar-refractivity contribution in [1.82, 2.24) is 4.98 Å². The Kier molecular flexibility index (Phi) is 2.83. The summed E-state index contributed by atoms with van der Waals surface area (Å²) in [5.74, 6) is -0.523. The van der Waals surface area contributed by atoms with E-state index in [1.54, 1.807) is 0 Å². The number of pyridine rings is 1. The summed E-state index contributed by atoms with van der Waals surface area (Å²) in [6.45, 7) is -0.329. The Balaban J connectivity index is 3.19. The van der Waals surface area contributed by atoms with Gasteiger partial charge in [-0.2, -0.15) is 4.98 Å². The van der Waals surface area contributed by atoms with Crippen molar-refractivity contribution in [3.63, 3.8) is 0 Å². The first-order valence-electron chi connectivity index (χ1n) is 3.18. The molecule has 0 bridgehead atoms. The predicted molar refractivity (Wildman–Crippen MR) is 41.7 cm³/mol. The number of aromatic nitrogens is 1. The number of halogens is 2. The van der Waals surface area contributed by atoms with Gasteiger partial charge in [-0.3, -0.25) is 0 Å². The third-order valence-electron chi connectivity index (χ3n) is 1.34. The molecule has 66 valence electrons. The van der Waals surface area contributed by atoms with Crippen molar-refractivity contribution in [3.05, 3.63) is 22.6 Å². The van der Waals surface area contributed by atoms with Crippen LogP contribution >= 0.6 is 11.6 Å². The third-order valence-corrected chi connectivity index (χ3v) is 1.60. The van der Waals surface area contributed by atoms with Gasteiger partial charge in [-0.15, -0.1) is 0 Å². The van der Waals surface area contributed by atoms with Gasteiger partial charge in [0, 0.05) is 5.56 Å². The zero-order valence-electron chi connectivity index (χ0n) is 6.34. The fourth-order valence-corrected chi connectivity index (χ4v) is 0.910. The van der Waals surface area contributed by atoms with E-state index >= 15 is 0 Å². The summed E-state index contributed by atoms with van der Waals surface area (Å²) in [4.78, 5) is 3.57. The second kappa shape index (κ2) is 3.69. The molecule has 0 saturated carbocycles. The lowest BCUT2D eigenvalue weighted by molar-refractivity contribution is 0.270. The molecule has 0 aliphatic carbocycles. The highest BCUT2D eigenvalue weighted by Crippen LogP contribution is 2.21. The Morgan fingerprint density at radius 3 is 2.92 bits per heavy atom. The van der Waals surface area contributed by atoms with E-state index in [2.05, 4.69) is 4.98 Å². The quantitative estimate of drug-likeness (QED) is 0.718. The van der Waals surface area contributed by atoms with E-state index in [1.807, 2.05) is 0 Å². The van der Waals surface area contributed by atoms with Gasteiger partial charge in [0.15, 0.2) is 11.0 Å². The minimum atomic E-state index is -0.665. The van der Waals surface area contributed by atoms with E-state index in [-0.39, 0.29) is 23.2 Å². The van der Waals surface area contributed by atoms with Crippen LogP contribution in [0.4, 0.5) is 4.39 Å². The second-order valence-corrected chi connectivity index (χ2v) is 2.45. The number of hydrogen-bond donors (Lipinski definition) is 1. The number of aliphatic hydroxyl groups excluding tert-OH is 1. The molecular weight excluding hydrogens is 185 g/mol. The fourth-order valence-electron chi connectivity index (χ4n) is 0.779. The molecule has 3 nitrogen and oxygen atoms in total. The van der Waals surface area contributed by atoms with Crippen molar-refractivity contribution in [2.75, 3.05) is 7.11 Å². The fraction of sp³-hybridized carbons (Fsp3) is 0.286. The van der Waals surface area contributed by atoms with Crippen LogP contribution in [0.25, 0.3) is 0 Å². The summed E-state index contributed by atoms with van der Waals surface area (Å²) < 4.78 is 17.5. The molecule has 0 unspecified atom stereocenters. The predicted octanol–water partition coefficient (Wildman–Crippen LogP) is 1.37. The SMILES string of the molecule is COc1nc(Cl)c(F)cc1CO. The van der Waals surface area contributed by atoms with Gasteiger partial charge < -0.3 is 9.84 Å². The number of aliphatic hydroxyl groups is 1. The summed E-state index contributed by atoms with van der Waals surface area (Å²) in [7, 11) is 1.37. The second-order valence-electron chi connectivity index (χ2n) is 2.09. The van der Waals surface area contributed by atoms with Crippen LogP contribution in [0.3, 0.4) is 0 Å². The zero-order valence-corrected chi connectivity index (χ0v) is 7.10. The van der Waals surface area contributed by atoms with E-state index in [0.29, 0.717) is 0 Å². The molecule has 0 saturated heterocycles. The van der Waals surface area contributed by atoms with Crippen LogP contribution in [0, 0.1) is 5.82 Å². The lowest BCUT2D eigenvalue weighted by Gasteiger charge is -2.04. The van der Waals surface area contributed by atoms with Crippen LogP contribution in [0.2, 0.25) is 5.15 Å². The average Bonchev–Trinajstić information content (AvgIpc) is 2.09. The average molecular weight is 192 g/mol. The molecular formula is C7H7ClFNO2. The number of ether oxygens (including phenoxy) is 1. The van der Waals surface area contributed by atoms with Crippen LogP contribution in [-0.2, 0) is 6.61 Å². The molecule has 1 N–H and O–H groups in total. The molecule has 5 heteroatoms.